The molecule has 110 valence electrons. The second-order valence-corrected chi connectivity index (χ2v) is 6.28. The van der Waals surface area contributed by atoms with Crippen molar-refractivity contribution < 1.29 is 9.59 Å². The zero-order valence-corrected chi connectivity index (χ0v) is 14.0. The number of halogens is 1. The number of hydrazine groups is 1. The normalized spacial score (nSPS) is 16.3. The standard InChI is InChI=1S/C17H13IN2O2/c1-11-5-7-14(8-6-11)20-17(22)15(16(21)19-20)10-12-3-2-4-13(18)9-12/h2-10H,1H3,(H,19,21)/b15-10-. The number of carbonyl (C=O) groups is 2. The van der Waals surface area contributed by atoms with Gasteiger partial charge in [0.2, 0.25) is 0 Å². The molecule has 1 fully saturated rings. The Morgan fingerprint density at radius 1 is 1.09 bits per heavy atom. The number of anilines is 1. The number of benzene rings is 2. The van der Waals surface area contributed by atoms with Gasteiger partial charge in [0.25, 0.3) is 11.8 Å². The van der Waals surface area contributed by atoms with E-state index >= 15 is 0 Å². The summed E-state index contributed by atoms with van der Waals surface area (Å²) in [6.45, 7) is 1.97. The summed E-state index contributed by atoms with van der Waals surface area (Å²) in [6.07, 6.45) is 1.62. The van der Waals surface area contributed by atoms with Gasteiger partial charge in [-0.2, -0.15) is 0 Å². The Hall–Kier alpha value is -2.15. The lowest BCUT2D eigenvalue weighted by Crippen LogP contribution is -2.35. The SMILES string of the molecule is Cc1ccc(N2NC(=O)/C(=C/c3cccc(I)c3)C2=O)cc1. The number of hydrogen-bond donors (Lipinski definition) is 1. The average Bonchev–Trinajstić information content (AvgIpc) is 2.76. The highest BCUT2D eigenvalue weighted by molar-refractivity contribution is 14.1. The minimum atomic E-state index is -0.385. The Labute approximate surface area is 141 Å². The van der Waals surface area contributed by atoms with Gasteiger partial charge in [-0.05, 0) is 65.4 Å². The third-order valence-corrected chi connectivity index (χ3v) is 4.01. The predicted octanol–water partition coefficient (Wildman–Crippen LogP) is 3.06. The molecule has 1 aliphatic heterocycles. The molecule has 2 amide bonds. The van der Waals surface area contributed by atoms with Gasteiger partial charge in [0.1, 0.15) is 5.57 Å². The van der Waals surface area contributed by atoms with Crippen LogP contribution in [0.1, 0.15) is 11.1 Å². The molecular weight excluding hydrogens is 391 g/mol. The smallest absolute Gasteiger partial charge is 0.267 e. The first-order valence-electron chi connectivity index (χ1n) is 6.74. The highest BCUT2D eigenvalue weighted by Crippen LogP contribution is 2.22. The summed E-state index contributed by atoms with van der Waals surface area (Å²) in [5, 5.41) is 1.28. The molecule has 0 unspecified atom stereocenters. The summed E-state index contributed by atoms with van der Waals surface area (Å²) in [5.41, 5.74) is 5.31. The van der Waals surface area contributed by atoms with E-state index < -0.39 is 0 Å². The molecule has 1 saturated heterocycles. The van der Waals surface area contributed by atoms with Crippen LogP contribution in [0.25, 0.3) is 6.08 Å². The van der Waals surface area contributed by atoms with Gasteiger partial charge in [-0.3, -0.25) is 15.0 Å². The minimum absolute atomic E-state index is 0.141. The Morgan fingerprint density at radius 3 is 2.50 bits per heavy atom. The third-order valence-electron chi connectivity index (χ3n) is 3.34. The van der Waals surface area contributed by atoms with Crippen molar-refractivity contribution in [1.29, 1.82) is 0 Å². The van der Waals surface area contributed by atoms with Gasteiger partial charge in [0.15, 0.2) is 0 Å². The van der Waals surface area contributed by atoms with Gasteiger partial charge in [-0.25, -0.2) is 5.01 Å². The largest absolute Gasteiger partial charge is 0.282 e. The number of rotatable bonds is 2. The van der Waals surface area contributed by atoms with E-state index in [1.54, 1.807) is 6.08 Å². The fraction of sp³-hybridized carbons (Fsp3) is 0.0588. The van der Waals surface area contributed by atoms with E-state index in [1.165, 1.54) is 5.01 Å². The second kappa shape index (κ2) is 5.92. The summed E-state index contributed by atoms with van der Waals surface area (Å²) < 4.78 is 1.05. The molecule has 1 aliphatic rings. The van der Waals surface area contributed by atoms with Crippen molar-refractivity contribution in [3.8, 4) is 0 Å². The molecule has 0 spiro atoms. The van der Waals surface area contributed by atoms with E-state index in [-0.39, 0.29) is 17.4 Å². The van der Waals surface area contributed by atoms with E-state index in [0.29, 0.717) is 5.69 Å². The van der Waals surface area contributed by atoms with Gasteiger partial charge in [0.05, 0.1) is 5.69 Å². The lowest BCUT2D eigenvalue weighted by Gasteiger charge is -2.14. The number of nitrogens with one attached hydrogen (secondary N) is 1. The maximum absolute atomic E-state index is 12.5. The van der Waals surface area contributed by atoms with Crippen LogP contribution in [0.5, 0.6) is 0 Å². The first-order valence-corrected chi connectivity index (χ1v) is 7.82. The van der Waals surface area contributed by atoms with E-state index in [0.717, 1.165) is 14.7 Å². The number of nitrogens with zero attached hydrogens (tertiary/aromatic N) is 1. The number of hydrogen-bond acceptors (Lipinski definition) is 2. The van der Waals surface area contributed by atoms with E-state index in [4.69, 9.17) is 0 Å². The van der Waals surface area contributed by atoms with Crippen LogP contribution in [0, 0.1) is 10.5 Å². The lowest BCUT2D eigenvalue weighted by molar-refractivity contribution is -0.117. The van der Waals surface area contributed by atoms with E-state index in [2.05, 4.69) is 28.0 Å². The molecule has 0 radical (unpaired) electrons. The van der Waals surface area contributed by atoms with Gasteiger partial charge in [-0.1, -0.05) is 29.8 Å². The van der Waals surface area contributed by atoms with Crippen LogP contribution in [0.15, 0.2) is 54.1 Å². The summed E-state index contributed by atoms with van der Waals surface area (Å²) in [4.78, 5) is 24.5. The van der Waals surface area contributed by atoms with Crippen molar-refractivity contribution in [2.45, 2.75) is 6.92 Å². The topological polar surface area (TPSA) is 49.4 Å². The molecule has 2 aromatic rings. The van der Waals surface area contributed by atoms with Crippen LogP contribution in [-0.2, 0) is 9.59 Å². The highest BCUT2D eigenvalue weighted by atomic mass is 127. The third kappa shape index (κ3) is 2.89. The maximum Gasteiger partial charge on any atom is 0.282 e. The summed E-state index contributed by atoms with van der Waals surface area (Å²) >= 11 is 2.19. The van der Waals surface area contributed by atoms with Gasteiger partial charge < -0.3 is 0 Å². The fourth-order valence-corrected chi connectivity index (χ4v) is 2.76. The number of amides is 2. The van der Waals surface area contributed by atoms with Crippen molar-refractivity contribution in [1.82, 2.24) is 5.43 Å². The molecule has 22 heavy (non-hydrogen) atoms. The van der Waals surface area contributed by atoms with Crippen LogP contribution in [0.2, 0.25) is 0 Å². The van der Waals surface area contributed by atoms with Crippen molar-refractivity contribution in [2.24, 2.45) is 0 Å². The first-order chi connectivity index (χ1) is 10.5. The van der Waals surface area contributed by atoms with Gasteiger partial charge >= 0.3 is 0 Å². The average molecular weight is 404 g/mol. The molecule has 0 saturated carbocycles. The molecule has 2 aromatic carbocycles. The summed E-state index contributed by atoms with van der Waals surface area (Å²) in [7, 11) is 0. The second-order valence-electron chi connectivity index (χ2n) is 5.03. The minimum Gasteiger partial charge on any atom is -0.267 e. The van der Waals surface area contributed by atoms with Crippen LogP contribution < -0.4 is 10.4 Å². The van der Waals surface area contributed by atoms with Crippen LogP contribution in [0.3, 0.4) is 0 Å². The molecule has 1 N–H and O–H groups in total. The van der Waals surface area contributed by atoms with E-state index in [9.17, 15) is 9.59 Å². The Balaban J connectivity index is 1.93. The first kappa shape index (κ1) is 14.8. The molecule has 3 rings (SSSR count). The molecule has 1 heterocycles. The number of aryl methyl sites for hydroxylation is 1. The fourth-order valence-electron chi connectivity index (χ4n) is 2.20. The van der Waals surface area contributed by atoms with Crippen molar-refractivity contribution in [3.05, 3.63) is 68.8 Å². The summed E-state index contributed by atoms with van der Waals surface area (Å²) in [6, 6.07) is 15.0. The zero-order chi connectivity index (χ0) is 15.7. The predicted molar refractivity (Wildman–Crippen MR) is 93.9 cm³/mol. The molecule has 5 heteroatoms. The molecule has 0 bridgehead atoms. The van der Waals surface area contributed by atoms with Crippen molar-refractivity contribution in [3.63, 3.8) is 0 Å². The zero-order valence-electron chi connectivity index (χ0n) is 11.8. The molecule has 4 nitrogen and oxygen atoms in total. The van der Waals surface area contributed by atoms with Crippen LogP contribution in [0.4, 0.5) is 5.69 Å². The quantitative estimate of drug-likeness (QED) is 0.475. The van der Waals surface area contributed by atoms with Crippen LogP contribution >= 0.6 is 22.6 Å². The van der Waals surface area contributed by atoms with Crippen molar-refractivity contribution in [2.75, 3.05) is 5.01 Å². The molecule has 0 aliphatic carbocycles. The molecular formula is C17H13IN2O2. The van der Waals surface area contributed by atoms with Crippen LogP contribution in [-0.4, -0.2) is 11.8 Å². The Morgan fingerprint density at radius 2 is 1.82 bits per heavy atom. The Bertz CT molecular complexity index is 782. The van der Waals surface area contributed by atoms with E-state index in [1.807, 2.05) is 55.5 Å². The monoisotopic (exact) mass is 404 g/mol. The van der Waals surface area contributed by atoms with Gasteiger partial charge in [-0.15, -0.1) is 0 Å². The highest BCUT2D eigenvalue weighted by Gasteiger charge is 2.34. The summed E-state index contributed by atoms with van der Waals surface area (Å²) in [5.74, 6) is -0.725. The number of carbonyl (C=O) groups excluding carboxylic acids is 2. The van der Waals surface area contributed by atoms with Gasteiger partial charge in [0, 0.05) is 3.57 Å². The maximum atomic E-state index is 12.5. The lowest BCUT2D eigenvalue weighted by atomic mass is 10.1. The molecule has 0 aromatic heterocycles. The Kier molecular flexibility index (Phi) is 3.98. The molecule has 0 atom stereocenters. The van der Waals surface area contributed by atoms with Crippen molar-refractivity contribution >= 4 is 46.2 Å².